The number of carboxylic acid groups (broad SMARTS) is 1. The highest BCUT2D eigenvalue weighted by Gasteiger charge is 2.39. The number of fused-ring (bicyclic) bond motifs is 3. The van der Waals surface area contributed by atoms with Crippen molar-refractivity contribution in [3.05, 3.63) is 52.8 Å². The maximum Gasteiger partial charge on any atom is 0.336 e. The van der Waals surface area contributed by atoms with Gasteiger partial charge in [-0.2, -0.15) is 0 Å². The van der Waals surface area contributed by atoms with E-state index in [1.54, 1.807) is 6.08 Å². The van der Waals surface area contributed by atoms with Gasteiger partial charge in [0.25, 0.3) is 0 Å². The van der Waals surface area contributed by atoms with Crippen LogP contribution in [0.1, 0.15) is 43.2 Å². The van der Waals surface area contributed by atoms with Crippen molar-refractivity contribution in [3.8, 4) is 0 Å². The molecule has 0 aliphatic heterocycles. The zero-order valence-electron chi connectivity index (χ0n) is 11.6. The van der Waals surface area contributed by atoms with Gasteiger partial charge in [-0.05, 0) is 35.6 Å². The van der Waals surface area contributed by atoms with Gasteiger partial charge >= 0.3 is 5.97 Å². The molecule has 0 saturated heterocycles. The predicted molar refractivity (Wildman–Crippen MR) is 77.3 cm³/mol. The molecule has 1 N–H and O–H groups in total. The van der Waals surface area contributed by atoms with Crippen LogP contribution in [0.5, 0.6) is 0 Å². The molecule has 0 heterocycles. The van der Waals surface area contributed by atoms with Crippen LogP contribution in [0.4, 0.5) is 0 Å². The molecule has 20 heavy (non-hydrogen) atoms. The molecule has 0 amide bonds. The Morgan fingerprint density at radius 3 is 2.95 bits per heavy atom. The normalized spacial score (nSPS) is 19.6. The fraction of sp³-hybridized carbons (Fsp3) is 0.353. The number of carboxylic acids is 1. The molecule has 1 aromatic rings. The van der Waals surface area contributed by atoms with E-state index in [2.05, 4.69) is 6.92 Å². The summed E-state index contributed by atoms with van der Waals surface area (Å²) < 4.78 is 5.81. The van der Waals surface area contributed by atoms with Crippen LogP contribution in [0.25, 0.3) is 5.57 Å². The van der Waals surface area contributed by atoms with E-state index < -0.39 is 5.97 Å². The molecule has 1 fully saturated rings. The molecule has 104 valence electrons. The van der Waals surface area contributed by atoms with E-state index in [0.717, 1.165) is 36.1 Å². The summed E-state index contributed by atoms with van der Waals surface area (Å²) in [7, 11) is 0. The van der Waals surface area contributed by atoms with Gasteiger partial charge in [0, 0.05) is 5.92 Å². The van der Waals surface area contributed by atoms with E-state index in [0.29, 0.717) is 18.1 Å². The second-order valence-electron chi connectivity index (χ2n) is 5.30. The molecule has 0 spiro atoms. The first-order chi connectivity index (χ1) is 9.72. The smallest absolute Gasteiger partial charge is 0.336 e. The van der Waals surface area contributed by atoms with Gasteiger partial charge in [-0.1, -0.05) is 37.6 Å². The molecule has 0 bridgehead atoms. The van der Waals surface area contributed by atoms with Crippen LogP contribution in [0.3, 0.4) is 0 Å². The molecule has 1 aromatic carbocycles. The van der Waals surface area contributed by atoms with Crippen LogP contribution < -0.4 is 0 Å². The van der Waals surface area contributed by atoms with Crippen molar-refractivity contribution < 1.29 is 14.6 Å². The van der Waals surface area contributed by atoms with Gasteiger partial charge in [-0.15, -0.1) is 0 Å². The Kier molecular flexibility index (Phi) is 3.35. The lowest BCUT2D eigenvalue weighted by molar-refractivity contribution is -0.130. The number of ether oxygens (including phenoxy) is 1. The predicted octanol–water partition coefficient (Wildman–Crippen LogP) is 3.73. The van der Waals surface area contributed by atoms with Crippen molar-refractivity contribution in [2.45, 2.75) is 32.1 Å². The number of hydrogen-bond acceptors (Lipinski definition) is 2. The summed E-state index contributed by atoms with van der Waals surface area (Å²) in [5.41, 5.74) is 3.52. The zero-order valence-corrected chi connectivity index (χ0v) is 11.6. The van der Waals surface area contributed by atoms with Gasteiger partial charge in [0.2, 0.25) is 0 Å². The molecule has 1 unspecified atom stereocenters. The number of hydrogen-bond donors (Lipinski definition) is 1. The number of unbranched alkanes of at least 4 members (excludes halogenated alkanes) is 1. The average molecular weight is 270 g/mol. The van der Waals surface area contributed by atoms with Crippen molar-refractivity contribution in [1.29, 1.82) is 0 Å². The quantitative estimate of drug-likeness (QED) is 0.829. The van der Waals surface area contributed by atoms with Crippen molar-refractivity contribution in [2.75, 3.05) is 6.61 Å². The van der Waals surface area contributed by atoms with E-state index in [4.69, 9.17) is 4.74 Å². The summed E-state index contributed by atoms with van der Waals surface area (Å²) in [6, 6.07) is 7.77. The topological polar surface area (TPSA) is 46.5 Å². The largest absolute Gasteiger partial charge is 0.494 e. The fourth-order valence-electron chi connectivity index (χ4n) is 2.72. The molecule has 3 heteroatoms. The van der Waals surface area contributed by atoms with Crippen LogP contribution in [-0.4, -0.2) is 17.7 Å². The van der Waals surface area contributed by atoms with E-state index >= 15 is 0 Å². The van der Waals surface area contributed by atoms with E-state index in [9.17, 15) is 9.90 Å². The van der Waals surface area contributed by atoms with Crippen molar-refractivity contribution in [2.24, 2.45) is 0 Å². The summed E-state index contributed by atoms with van der Waals surface area (Å²) in [5.74, 6) is 0.226. The maximum absolute atomic E-state index is 11.5. The highest BCUT2D eigenvalue weighted by Crippen LogP contribution is 2.53. The standard InChI is InChI=1S/C17H18O3/c1-2-3-8-20-16-10-15(17(18)19)12-7-5-4-6-11(12)13-9-14(13)16/h4-7,10,13H,2-3,8-9H2,1H3,(H,18,19). The number of carbonyl (C=O) groups is 1. The third-order valence-corrected chi connectivity index (χ3v) is 3.89. The van der Waals surface area contributed by atoms with Crippen LogP contribution >= 0.6 is 0 Å². The molecule has 3 nitrogen and oxygen atoms in total. The molecule has 2 aliphatic rings. The third kappa shape index (κ3) is 2.24. The monoisotopic (exact) mass is 270 g/mol. The van der Waals surface area contributed by atoms with E-state index in [1.807, 2.05) is 24.3 Å². The second-order valence-corrected chi connectivity index (χ2v) is 5.30. The van der Waals surface area contributed by atoms with Crippen LogP contribution in [-0.2, 0) is 9.53 Å². The summed E-state index contributed by atoms with van der Waals surface area (Å²) >= 11 is 0. The lowest BCUT2D eigenvalue weighted by Crippen LogP contribution is -2.03. The van der Waals surface area contributed by atoms with E-state index in [1.165, 1.54) is 5.57 Å². The summed E-state index contributed by atoms with van der Waals surface area (Å²) in [6.07, 6.45) is 4.76. The summed E-state index contributed by atoms with van der Waals surface area (Å²) in [6.45, 7) is 2.77. The van der Waals surface area contributed by atoms with Gasteiger partial charge in [-0.3, -0.25) is 0 Å². The highest BCUT2D eigenvalue weighted by molar-refractivity contribution is 6.16. The molecule has 0 radical (unpaired) electrons. The summed E-state index contributed by atoms with van der Waals surface area (Å²) in [5, 5.41) is 9.45. The van der Waals surface area contributed by atoms with Crippen LogP contribution in [0.15, 0.2) is 41.7 Å². The zero-order chi connectivity index (χ0) is 14.1. The molecular formula is C17H18O3. The lowest BCUT2D eigenvalue weighted by Gasteiger charge is -2.08. The van der Waals surface area contributed by atoms with Crippen molar-refractivity contribution >= 4 is 11.5 Å². The van der Waals surface area contributed by atoms with Gasteiger partial charge < -0.3 is 9.84 Å². The Labute approximate surface area is 118 Å². The number of rotatable bonds is 5. The minimum absolute atomic E-state index is 0.340. The second kappa shape index (κ2) is 5.16. The lowest BCUT2D eigenvalue weighted by atomic mass is 9.97. The fourth-order valence-corrected chi connectivity index (χ4v) is 2.72. The highest BCUT2D eigenvalue weighted by atomic mass is 16.5. The minimum atomic E-state index is -0.893. The van der Waals surface area contributed by atoms with Gasteiger partial charge in [0.15, 0.2) is 0 Å². The Balaban J connectivity index is 1.99. The Hall–Kier alpha value is -2.03. The molecule has 2 aliphatic carbocycles. The Morgan fingerprint density at radius 2 is 2.20 bits per heavy atom. The van der Waals surface area contributed by atoms with Gasteiger partial charge in [-0.25, -0.2) is 4.79 Å². The third-order valence-electron chi connectivity index (χ3n) is 3.89. The molecule has 1 saturated carbocycles. The first kappa shape index (κ1) is 13.0. The molecular weight excluding hydrogens is 252 g/mol. The average Bonchev–Trinajstić information content (AvgIpc) is 3.22. The van der Waals surface area contributed by atoms with E-state index in [-0.39, 0.29) is 0 Å². The number of benzene rings is 1. The first-order valence-corrected chi connectivity index (χ1v) is 7.12. The van der Waals surface area contributed by atoms with Gasteiger partial charge in [0.05, 0.1) is 12.2 Å². The number of aliphatic carboxylic acids is 1. The minimum Gasteiger partial charge on any atom is -0.494 e. The molecule has 3 rings (SSSR count). The maximum atomic E-state index is 11.5. The SMILES string of the molecule is CCCCOC1=C2CC2c2ccccc2C(C(=O)O)=C1. The Bertz CT molecular complexity index is 610. The van der Waals surface area contributed by atoms with Crippen molar-refractivity contribution in [3.63, 3.8) is 0 Å². The van der Waals surface area contributed by atoms with Crippen LogP contribution in [0.2, 0.25) is 0 Å². The van der Waals surface area contributed by atoms with Crippen LogP contribution in [0, 0.1) is 0 Å². The molecule has 0 aromatic heterocycles. The molecule has 1 atom stereocenters. The number of allylic oxidation sites excluding steroid dienone is 2. The van der Waals surface area contributed by atoms with Gasteiger partial charge in [0.1, 0.15) is 5.76 Å². The summed E-state index contributed by atoms with van der Waals surface area (Å²) in [4.78, 5) is 11.5. The van der Waals surface area contributed by atoms with Crippen molar-refractivity contribution in [1.82, 2.24) is 0 Å². The first-order valence-electron chi connectivity index (χ1n) is 7.12. The Morgan fingerprint density at radius 1 is 1.40 bits per heavy atom.